The van der Waals surface area contributed by atoms with E-state index in [1.54, 1.807) is 0 Å². The molecule has 1 rings (SSSR count). The van der Waals surface area contributed by atoms with E-state index in [1.807, 2.05) is 0 Å². The average molecular weight is 153 g/mol. The van der Waals surface area contributed by atoms with Gasteiger partial charge in [0.05, 0.1) is 0 Å². The molecule has 1 heteroatoms. The van der Waals surface area contributed by atoms with Crippen molar-refractivity contribution in [3.8, 4) is 0 Å². The summed E-state index contributed by atoms with van der Waals surface area (Å²) in [5, 5.41) is 0. The van der Waals surface area contributed by atoms with Gasteiger partial charge < -0.3 is 4.90 Å². The number of nitrogens with zero attached hydrogens (tertiary/aromatic N) is 1. The van der Waals surface area contributed by atoms with E-state index < -0.39 is 0 Å². The van der Waals surface area contributed by atoms with Crippen molar-refractivity contribution >= 4 is 0 Å². The Kier molecular flexibility index (Phi) is 2.58. The fraction of sp³-hybridized carbons (Fsp3) is 0.800. The monoisotopic (exact) mass is 153 g/mol. The summed E-state index contributed by atoms with van der Waals surface area (Å²) in [6, 6.07) is 0. The Morgan fingerprint density at radius 1 is 1.27 bits per heavy atom. The minimum absolute atomic E-state index is 0.394. The van der Waals surface area contributed by atoms with Crippen LogP contribution in [-0.4, -0.2) is 17.0 Å². The van der Waals surface area contributed by atoms with E-state index in [-0.39, 0.29) is 0 Å². The van der Waals surface area contributed by atoms with Crippen LogP contribution in [-0.2, 0) is 0 Å². The van der Waals surface area contributed by atoms with Gasteiger partial charge in [0.1, 0.15) is 0 Å². The molecule has 0 aromatic heterocycles. The molecule has 0 aromatic carbocycles. The molecule has 0 amide bonds. The fourth-order valence-corrected chi connectivity index (χ4v) is 1.74. The minimum atomic E-state index is 0.394. The molecule has 0 bridgehead atoms. The van der Waals surface area contributed by atoms with Gasteiger partial charge in [0.2, 0.25) is 0 Å². The molecular formula is C10H19N. The van der Waals surface area contributed by atoms with Crippen LogP contribution < -0.4 is 0 Å². The van der Waals surface area contributed by atoms with Crippen LogP contribution in [0.15, 0.2) is 12.3 Å². The maximum absolute atomic E-state index is 2.45. The molecule has 1 saturated heterocycles. The van der Waals surface area contributed by atoms with E-state index in [9.17, 15) is 0 Å². The molecule has 1 aliphatic heterocycles. The van der Waals surface area contributed by atoms with E-state index in [2.05, 4.69) is 37.9 Å². The van der Waals surface area contributed by atoms with Gasteiger partial charge in [0.25, 0.3) is 0 Å². The van der Waals surface area contributed by atoms with Crippen molar-refractivity contribution in [1.82, 2.24) is 4.90 Å². The lowest BCUT2D eigenvalue weighted by Gasteiger charge is -2.42. The zero-order chi connectivity index (χ0) is 8.32. The third-order valence-corrected chi connectivity index (χ3v) is 2.54. The van der Waals surface area contributed by atoms with Crippen LogP contribution in [0.4, 0.5) is 0 Å². The number of likely N-dealkylation sites (tertiary alicyclic amines) is 1. The van der Waals surface area contributed by atoms with Gasteiger partial charge >= 0.3 is 0 Å². The molecule has 0 aliphatic carbocycles. The fourth-order valence-electron chi connectivity index (χ4n) is 1.74. The summed E-state index contributed by atoms with van der Waals surface area (Å²) >= 11 is 0. The summed E-state index contributed by atoms with van der Waals surface area (Å²) in [7, 11) is 0. The van der Waals surface area contributed by atoms with Gasteiger partial charge in [-0.2, -0.15) is 0 Å². The highest BCUT2D eigenvalue weighted by molar-refractivity contribution is 4.93. The summed E-state index contributed by atoms with van der Waals surface area (Å²) < 4.78 is 0. The largest absolute Gasteiger partial charge is 0.373 e. The summed E-state index contributed by atoms with van der Waals surface area (Å²) in [4.78, 5) is 2.45. The first-order valence-corrected chi connectivity index (χ1v) is 4.56. The molecular weight excluding hydrogens is 134 g/mol. The maximum atomic E-state index is 2.45. The zero-order valence-corrected chi connectivity index (χ0v) is 7.93. The van der Waals surface area contributed by atoms with Crippen molar-refractivity contribution < 1.29 is 0 Å². The topological polar surface area (TPSA) is 3.24 Å². The lowest BCUT2D eigenvalue weighted by Crippen LogP contribution is -2.43. The Morgan fingerprint density at radius 2 is 2.00 bits per heavy atom. The Morgan fingerprint density at radius 3 is 2.55 bits per heavy atom. The standard InChI is InChI=1S/C10H19N/c1-4-8-11-9-6-5-7-10(11,2)3/h4,8H,5-7,9H2,1-3H3. The molecule has 1 aliphatic rings. The second kappa shape index (κ2) is 3.29. The average Bonchev–Trinajstić information content (AvgIpc) is 1.94. The first-order chi connectivity index (χ1) is 5.17. The van der Waals surface area contributed by atoms with Crippen molar-refractivity contribution in [3.05, 3.63) is 12.3 Å². The second-order valence-corrected chi connectivity index (χ2v) is 3.95. The molecule has 0 unspecified atom stereocenters. The lowest BCUT2D eigenvalue weighted by atomic mass is 9.91. The van der Waals surface area contributed by atoms with Crippen LogP contribution in [0.25, 0.3) is 0 Å². The van der Waals surface area contributed by atoms with Crippen LogP contribution >= 0.6 is 0 Å². The highest BCUT2D eigenvalue weighted by atomic mass is 15.2. The number of allylic oxidation sites excluding steroid dienone is 1. The number of piperidine rings is 1. The van der Waals surface area contributed by atoms with Crippen molar-refractivity contribution in [3.63, 3.8) is 0 Å². The first-order valence-electron chi connectivity index (χ1n) is 4.56. The van der Waals surface area contributed by atoms with Gasteiger partial charge in [-0.1, -0.05) is 6.08 Å². The van der Waals surface area contributed by atoms with Gasteiger partial charge in [-0.3, -0.25) is 0 Å². The molecule has 0 saturated carbocycles. The molecule has 0 radical (unpaired) electrons. The summed E-state index contributed by atoms with van der Waals surface area (Å²) in [5.41, 5.74) is 0.394. The maximum Gasteiger partial charge on any atom is 0.0340 e. The van der Waals surface area contributed by atoms with Gasteiger partial charge in [-0.25, -0.2) is 0 Å². The van der Waals surface area contributed by atoms with Crippen LogP contribution in [0.1, 0.15) is 40.0 Å². The normalized spacial score (nSPS) is 24.5. The number of rotatable bonds is 1. The van der Waals surface area contributed by atoms with Gasteiger partial charge in [-0.05, 0) is 46.2 Å². The van der Waals surface area contributed by atoms with Crippen LogP contribution in [0.2, 0.25) is 0 Å². The Balaban J connectivity index is 2.59. The molecule has 0 N–H and O–H groups in total. The molecule has 1 fully saturated rings. The van der Waals surface area contributed by atoms with E-state index in [1.165, 1.54) is 25.8 Å². The molecule has 1 nitrogen and oxygen atoms in total. The third kappa shape index (κ3) is 1.98. The van der Waals surface area contributed by atoms with Crippen molar-refractivity contribution in [1.29, 1.82) is 0 Å². The number of hydrogen-bond donors (Lipinski definition) is 0. The van der Waals surface area contributed by atoms with Crippen molar-refractivity contribution in [2.24, 2.45) is 0 Å². The Bertz CT molecular complexity index is 147. The third-order valence-electron chi connectivity index (χ3n) is 2.54. The smallest absolute Gasteiger partial charge is 0.0340 e. The predicted octanol–water partition coefficient (Wildman–Crippen LogP) is 2.78. The van der Waals surface area contributed by atoms with E-state index in [0.717, 1.165) is 0 Å². The number of hydrogen-bond acceptors (Lipinski definition) is 1. The van der Waals surface area contributed by atoms with Gasteiger partial charge in [-0.15, -0.1) is 0 Å². The van der Waals surface area contributed by atoms with Crippen LogP contribution in [0, 0.1) is 0 Å². The summed E-state index contributed by atoms with van der Waals surface area (Å²) in [6.45, 7) is 7.97. The lowest BCUT2D eigenvalue weighted by molar-refractivity contribution is 0.132. The molecule has 1 heterocycles. The van der Waals surface area contributed by atoms with E-state index in [4.69, 9.17) is 0 Å². The molecule has 0 atom stereocenters. The van der Waals surface area contributed by atoms with E-state index >= 15 is 0 Å². The van der Waals surface area contributed by atoms with Crippen molar-refractivity contribution in [2.45, 2.75) is 45.6 Å². The van der Waals surface area contributed by atoms with Crippen LogP contribution in [0.3, 0.4) is 0 Å². The minimum Gasteiger partial charge on any atom is -0.373 e. The van der Waals surface area contributed by atoms with Crippen LogP contribution in [0.5, 0.6) is 0 Å². The van der Waals surface area contributed by atoms with Gasteiger partial charge in [0.15, 0.2) is 0 Å². The highest BCUT2D eigenvalue weighted by Gasteiger charge is 2.26. The highest BCUT2D eigenvalue weighted by Crippen LogP contribution is 2.27. The molecule has 0 aromatic rings. The molecule has 11 heavy (non-hydrogen) atoms. The van der Waals surface area contributed by atoms with Gasteiger partial charge in [0, 0.05) is 12.1 Å². The zero-order valence-electron chi connectivity index (χ0n) is 7.93. The van der Waals surface area contributed by atoms with Crippen molar-refractivity contribution in [2.75, 3.05) is 6.54 Å². The first kappa shape index (κ1) is 8.63. The second-order valence-electron chi connectivity index (χ2n) is 3.95. The van der Waals surface area contributed by atoms with E-state index in [0.29, 0.717) is 5.54 Å². The Labute approximate surface area is 70.1 Å². The SMILES string of the molecule is CC=CN1CCCCC1(C)C. The summed E-state index contributed by atoms with van der Waals surface area (Å²) in [5.74, 6) is 0. The molecule has 0 spiro atoms. The summed E-state index contributed by atoms with van der Waals surface area (Å²) in [6.07, 6.45) is 8.43. The quantitative estimate of drug-likeness (QED) is 0.560. The molecule has 64 valence electrons. The predicted molar refractivity (Wildman–Crippen MR) is 49.5 cm³/mol. The Hall–Kier alpha value is -0.460.